The first-order valence-corrected chi connectivity index (χ1v) is 5.14. The van der Waals surface area contributed by atoms with Crippen molar-refractivity contribution < 1.29 is 9.53 Å². The van der Waals surface area contributed by atoms with E-state index in [0.717, 1.165) is 12.8 Å². The summed E-state index contributed by atoms with van der Waals surface area (Å²) in [6.07, 6.45) is 1.67. The number of ether oxygens (including phenoxy) is 1. The van der Waals surface area contributed by atoms with Gasteiger partial charge in [-0.25, -0.2) is 0 Å². The van der Waals surface area contributed by atoms with Gasteiger partial charge in [0.1, 0.15) is 0 Å². The third-order valence-electron chi connectivity index (χ3n) is 2.01. The molecule has 0 aliphatic rings. The van der Waals surface area contributed by atoms with Crippen molar-refractivity contribution in [1.82, 2.24) is 5.32 Å². The Kier molecular flexibility index (Phi) is 7.42. The molecular weight excluding hydrogens is 180 g/mol. The minimum atomic E-state index is -0.366. The molecule has 0 heterocycles. The monoisotopic (exact) mass is 202 g/mol. The number of carbonyl (C=O) groups is 1. The lowest BCUT2D eigenvalue weighted by Gasteiger charge is -2.14. The Bertz CT molecular complexity index is 162. The number of amides is 1. The van der Waals surface area contributed by atoms with Crippen molar-refractivity contribution in [2.75, 3.05) is 20.3 Å². The van der Waals surface area contributed by atoms with Gasteiger partial charge in [0.15, 0.2) is 0 Å². The van der Waals surface area contributed by atoms with Gasteiger partial charge in [-0.05, 0) is 12.3 Å². The first-order valence-electron chi connectivity index (χ1n) is 5.14. The molecule has 2 atom stereocenters. The molecule has 1 amide bonds. The van der Waals surface area contributed by atoms with Gasteiger partial charge in [-0.3, -0.25) is 4.79 Å². The van der Waals surface area contributed by atoms with E-state index >= 15 is 0 Å². The van der Waals surface area contributed by atoms with Gasteiger partial charge in [0, 0.05) is 13.7 Å². The topological polar surface area (TPSA) is 64.4 Å². The summed E-state index contributed by atoms with van der Waals surface area (Å²) in [6, 6.07) is -0.366. The molecule has 3 N–H and O–H groups in total. The second-order valence-corrected chi connectivity index (χ2v) is 3.70. The smallest absolute Gasteiger partial charge is 0.236 e. The van der Waals surface area contributed by atoms with Crippen LogP contribution in [0, 0.1) is 5.92 Å². The average molecular weight is 202 g/mol. The van der Waals surface area contributed by atoms with Gasteiger partial charge in [-0.1, -0.05) is 20.3 Å². The van der Waals surface area contributed by atoms with Gasteiger partial charge in [0.25, 0.3) is 0 Å². The third-order valence-corrected chi connectivity index (χ3v) is 2.01. The Balaban J connectivity index is 3.61. The molecule has 0 aliphatic carbocycles. The predicted octanol–water partition coefficient (Wildman–Crippen LogP) is 0.513. The van der Waals surface area contributed by atoms with E-state index in [-0.39, 0.29) is 11.9 Å². The largest absolute Gasteiger partial charge is 0.384 e. The van der Waals surface area contributed by atoms with Crippen LogP contribution in [0.3, 0.4) is 0 Å². The summed E-state index contributed by atoms with van der Waals surface area (Å²) in [7, 11) is 1.65. The number of rotatable bonds is 7. The quantitative estimate of drug-likeness (QED) is 0.632. The van der Waals surface area contributed by atoms with Gasteiger partial charge in [0.05, 0.1) is 12.6 Å². The van der Waals surface area contributed by atoms with E-state index in [1.165, 1.54) is 0 Å². The molecule has 4 nitrogen and oxygen atoms in total. The summed E-state index contributed by atoms with van der Waals surface area (Å²) in [5, 5.41) is 2.81. The predicted molar refractivity (Wildman–Crippen MR) is 56.9 cm³/mol. The van der Waals surface area contributed by atoms with Crippen LogP contribution in [-0.4, -0.2) is 32.2 Å². The molecule has 0 aromatic heterocycles. The number of methoxy groups -OCH3 is 1. The van der Waals surface area contributed by atoms with Gasteiger partial charge in [0.2, 0.25) is 5.91 Å². The van der Waals surface area contributed by atoms with Gasteiger partial charge in [-0.2, -0.15) is 0 Å². The van der Waals surface area contributed by atoms with Crippen molar-refractivity contribution in [1.29, 1.82) is 0 Å². The van der Waals surface area contributed by atoms with E-state index in [4.69, 9.17) is 10.5 Å². The summed E-state index contributed by atoms with van der Waals surface area (Å²) in [6.45, 7) is 5.32. The zero-order valence-corrected chi connectivity index (χ0v) is 9.38. The third kappa shape index (κ3) is 5.94. The average Bonchev–Trinajstić information content (AvgIpc) is 2.15. The van der Waals surface area contributed by atoms with Crippen molar-refractivity contribution in [3.63, 3.8) is 0 Å². The molecule has 0 saturated carbocycles. The maximum atomic E-state index is 11.4. The van der Waals surface area contributed by atoms with E-state index < -0.39 is 0 Å². The maximum absolute atomic E-state index is 11.4. The number of hydrogen-bond donors (Lipinski definition) is 2. The highest BCUT2D eigenvalue weighted by Crippen LogP contribution is 1.95. The summed E-state index contributed by atoms with van der Waals surface area (Å²) >= 11 is 0. The van der Waals surface area contributed by atoms with Crippen LogP contribution in [0.5, 0.6) is 0 Å². The Morgan fingerprint density at radius 2 is 2.21 bits per heavy atom. The Hall–Kier alpha value is -0.610. The summed E-state index contributed by atoms with van der Waals surface area (Å²) < 4.78 is 4.96. The van der Waals surface area contributed by atoms with Crippen LogP contribution in [0.15, 0.2) is 0 Å². The molecule has 84 valence electrons. The number of carbonyl (C=O) groups excluding carboxylic acids is 1. The van der Waals surface area contributed by atoms with E-state index in [1.807, 2.05) is 13.8 Å². The second-order valence-electron chi connectivity index (χ2n) is 3.70. The highest BCUT2D eigenvalue weighted by atomic mass is 16.5. The normalized spacial score (nSPS) is 14.9. The van der Waals surface area contributed by atoms with Crippen molar-refractivity contribution in [3.8, 4) is 0 Å². The van der Waals surface area contributed by atoms with Crippen LogP contribution >= 0.6 is 0 Å². The SMILES string of the molecule is CCC[C@H](N)C(=O)NCC(C)COC. The molecule has 14 heavy (non-hydrogen) atoms. The lowest BCUT2D eigenvalue weighted by Crippen LogP contribution is -2.42. The molecular formula is C10H22N2O2. The van der Waals surface area contributed by atoms with Crippen LogP contribution in [-0.2, 0) is 9.53 Å². The van der Waals surface area contributed by atoms with Crippen molar-refractivity contribution in [2.45, 2.75) is 32.7 Å². The van der Waals surface area contributed by atoms with Crippen molar-refractivity contribution in [3.05, 3.63) is 0 Å². The van der Waals surface area contributed by atoms with Crippen LogP contribution in [0.25, 0.3) is 0 Å². The Morgan fingerprint density at radius 3 is 2.71 bits per heavy atom. The zero-order valence-electron chi connectivity index (χ0n) is 9.38. The molecule has 0 spiro atoms. The molecule has 0 fully saturated rings. The van der Waals surface area contributed by atoms with E-state index in [9.17, 15) is 4.79 Å². The van der Waals surface area contributed by atoms with Gasteiger partial charge < -0.3 is 15.8 Å². The molecule has 0 radical (unpaired) electrons. The molecule has 0 aromatic carbocycles. The number of nitrogens with two attached hydrogens (primary N) is 1. The highest BCUT2D eigenvalue weighted by Gasteiger charge is 2.12. The van der Waals surface area contributed by atoms with E-state index in [0.29, 0.717) is 19.1 Å². The fourth-order valence-corrected chi connectivity index (χ4v) is 1.19. The fraction of sp³-hybridized carbons (Fsp3) is 0.900. The van der Waals surface area contributed by atoms with Crippen molar-refractivity contribution in [2.24, 2.45) is 11.7 Å². The van der Waals surface area contributed by atoms with Gasteiger partial charge >= 0.3 is 0 Å². The number of hydrogen-bond acceptors (Lipinski definition) is 3. The second kappa shape index (κ2) is 7.76. The van der Waals surface area contributed by atoms with E-state index in [1.54, 1.807) is 7.11 Å². The lowest BCUT2D eigenvalue weighted by atomic mass is 10.1. The molecule has 4 heteroatoms. The molecule has 1 unspecified atom stereocenters. The highest BCUT2D eigenvalue weighted by molar-refractivity contribution is 5.81. The molecule has 0 aromatic rings. The fourth-order valence-electron chi connectivity index (χ4n) is 1.19. The van der Waals surface area contributed by atoms with Gasteiger partial charge in [-0.15, -0.1) is 0 Å². The molecule has 0 aliphatic heterocycles. The van der Waals surface area contributed by atoms with Crippen LogP contribution in [0.2, 0.25) is 0 Å². The number of nitrogens with one attached hydrogen (secondary N) is 1. The van der Waals surface area contributed by atoms with E-state index in [2.05, 4.69) is 5.32 Å². The van der Waals surface area contributed by atoms with Crippen LogP contribution in [0.4, 0.5) is 0 Å². The molecule has 0 rings (SSSR count). The summed E-state index contributed by atoms with van der Waals surface area (Å²) in [4.78, 5) is 11.4. The Morgan fingerprint density at radius 1 is 1.57 bits per heavy atom. The zero-order chi connectivity index (χ0) is 11.0. The maximum Gasteiger partial charge on any atom is 0.236 e. The first kappa shape index (κ1) is 13.4. The minimum Gasteiger partial charge on any atom is -0.384 e. The standard InChI is InChI=1S/C10H22N2O2/c1-4-5-9(11)10(13)12-6-8(2)7-14-3/h8-9H,4-7,11H2,1-3H3,(H,12,13)/t8?,9-/m0/s1. The molecule has 0 bridgehead atoms. The molecule has 0 saturated heterocycles. The summed E-state index contributed by atoms with van der Waals surface area (Å²) in [5.74, 6) is 0.271. The van der Waals surface area contributed by atoms with Crippen LogP contribution < -0.4 is 11.1 Å². The minimum absolute atomic E-state index is 0.0604. The Labute approximate surface area is 86.2 Å². The first-order chi connectivity index (χ1) is 6.61. The summed E-state index contributed by atoms with van der Waals surface area (Å²) in [5.41, 5.74) is 5.64. The lowest BCUT2D eigenvalue weighted by molar-refractivity contribution is -0.122. The van der Waals surface area contributed by atoms with Crippen molar-refractivity contribution >= 4 is 5.91 Å². The van der Waals surface area contributed by atoms with Crippen LogP contribution in [0.1, 0.15) is 26.7 Å².